The smallest absolute Gasteiger partial charge is 0.255 e. The maximum atomic E-state index is 11.9. The van der Waals surface area contributed by atoms with Gasteiger partial charge in [-0.25, -0.2) is 0 Å². The number of methoxy groups -OCH3 is 1. The van der Waals surface area contributed by atoms with Crippen LogP contribution in [0.25, 0.3) is 0 Å². The molecule has 0 aliphatic rings. The average molecular weight is 270 g/mol. The van der Waals surface area contributed by atoms with E-state index in [9.17, 15) is 9.59 Å². The highest BCUT2D eigenvalue weighted by atomic mass is 35.5. The summed E-state index contributed by atoms with van der Waals surface area (Å²) in [5.74, 6) is -0.0804. The van der Waals surface area contributed by atoms with E-state index in [1.54, 1.807) is 32.0 Å². The summed E-state index contributed by atoms with van der Waals surface area (Å²) in [7, 11) is 1.46. The largest absolute Gasteiger partial charge is 0.496 e. The lowest BCUT2D eigenvalue weighted by atomic mass is 10.1. The summed E-state index contributed by atoms with van der Waals surface area (Å²) in [5.41, 5.74) is 0.360. The Labute approximate surface area is 111 Å². The highest BCUT2D eigenvalue weighted by molar-refractivity contribution is 6.30. The molecule has 0 fully saturated rings. The second kappa shape index (κ2) is 6.40. The van der Waals surface area contributed by atoms with Gasteiger partial charge >= 0.3 is 0 Å². The molecule has 0 atom stereocenters. The predicted octanol–water partition coefficient (Wildman–Crippen LogP) is 2.30. The first-order valence-electron chi connectivity index (χ1n) is 5.60. The molecule has 1 aromatic carbocycles. The van der Waals surface area contributed by atoms with Crippen molar-refractivity contribution in [2.24, 2.45) is 5.92 Å². The monoisotopic (exact) mass is 269 g/mol. The van der Waals surface area contributed by atoms with E-state index in [0.717, 1.165) is 0 Å². The molecule has 1 N–H and O–H groups in total. The number of carbonyl (C=O) groups is 2. The van der Waals surface area contributed by atoms with Gasteiger partial charge in [-0.1, -0.05) is 25.4 Å². The molecule has 5 heteroatoms. The standard InChI is InChI=1S/C13H16ClNO3/c1-8(2)11(16)7-15-13(17)10-5-4-9(14)6-12(10)18-3/h4-6,8H,7H2,1-3H3,(H,15,17). The number of nitrogens with one attached hydrogen (secondary N) is 1. The van der Waals surface area contributed by atoms with Crippen molar-refractivity contribution < 1.29 is 14.3 Å². The van der Waals surface area contributed by atoms with E-state index in [4.69, 9.17) is 16.3 Å². The summed E-state index contributed by atoms with van der Waals surface area (Å²) in [4.78, 5) is 23.3. The molecular formula is C13H16ClNO3. The van der Waals surface area contributed by atoms with Crippen LogP contribution in [0.15, 0.2) is 18.2 Å². The van der Waals surface area contributed by atoms with Crippen LogP contribution in [0.5, 0.6) is 5.75 Å². The third-order valence-electron chi connectivity index (χ3n) is 2.48. The van der Waals surface area contributed by atoms with Crippen LogP contribution < -0.4 is 10.1 Å². The van der Waals surface area contributed by atoms with Gasteiger partial charge in [0.15, 0.2) is 5.78 Å². The molecule has 0 aliphatic carbocycles. The van der Waals surface area contributed by atoms with Gasteiger partial charge in [-0.2, -0.15) is 0 Å². The third-order valence-corrected chi connectivity index (χ3v) is 2.71. The zero-order valence-corrected chi connectivity index (χ0v) is 11.4. The van der Waals surface area contributed by atoms with Gasteiger partial charge in [0, 0.05) is 10.9 Å². The first-order valence-corrected chi connectivity index (χ1v) is 5.98. The van der Waals surface area contributed by atoms with Crippen molar-refractivity contribution in [1.82, 2.24) is 5.32 Å². The summed E-state index contributed by atoms with van der Waals surface area (Å²) in [5, 5.41) is 3.05. The van der Waals surface area contributed by atoms with Crippen LogP contribution in [0.2, 0.25) is 5.02 Å². The van der Waals surface area contributed by atoms with Gasteiger partial charge in [0.2, 0.25) is 0 Å². The molecular weight excluding hydrogens is 254 g/mol. The van der Waals surface area contributed by atoms with Gasteiger partial charge in [0.1, 0.15) is 5.75 Å². The van der Waals surface area contributed by atoms with Crippen LogP contribution in [-0.4, -0.2) is 25.3 Å². The predicted molar refractivity (Wildman–Crippen MR) is 70.2 cm³/mol. The lowest BCUT2D eigenvalue weighted by molar-refractivity contribution is -0.120. The molecule has 0 spiro atoms. The van der Waals surface area contributed by atoms with Gasteiger partial charge in [-0.15, -0.1) is 0 Å². The molecule has 0 heterocycles. The van der Waals surface area contributed by atoms with Gasteiger partial charge in [-0.3, -0.25) is 9.59 Å². The van der Waals surface area contributed by atoms with Crippen LogP contribution in [-0.2, 0) is 4.79 Å². The second-order valence-electron chi connectivity index (χ2n) is 4.15. The highest BCUT2D eigenvalue weighted by Gasteiger charge is 2.14. The molecule has 0 radical (unpaired) electrons. The molecule has 18 heavy (non-hydrogen) atoms. The normalized spacial score (nSPS) is 10.3. The molecule has 98 valence electrons. The molecule has 0 aromatic heterocycles. The Bertz CT molecular complexity index is 458. The van der Waals surface area contributed by atoms with Crippen molar-refractivity contribution in [2.45, 2.75) is 13.8 Å². The van der Waals surface area contributed by atoms with E-state index in [-0.39, 0.29) is 24.2 Å². The number of rotatable bonds is 5. The average Bonchev–Trinajstić information content (AvgIpc) is 2.34. The minimum absolute atomic E-state index is 0.0162. The van der Waals surface area contributed by atoms with Crippen LogP contribution >= 0.6 is 11.6 Å². The maximum absolute atomic E-state index is 11.9. The van der Waals surface area contributed by atoms with Crippen LogP contribution in [0.4, 0.5) is 0 Å². The summed E-state index contributed by atoms with van der Waals surface area (Å²) in [6, 6.07) is 4.72. The Morgan fingerprint density at radius 2 is 2.06 bits per heavy atom. The van der Waals surface area contributed by atoms with Crippen LogP contribution in [0, 0.1) is 5.92 Å². The minimum atomic E-state index is -0.350. The van der Waals surface area contributed by atoms with Gasteiger partial charge in [0.25, 0.3) is 5.91 Å². The Morgan fingerprint density at radius 1 is 1.39 bits per heavy atom. The molecule has 0 bridgehead atoms. The van der Waals surface area contributed by atoms with Crippen molar-refractivity contribution in [3.8, 4) is 5.75 Å². The quantitative estimate of drug-likeness (QED) is 0.892. The molecule has 4 nitrogen and oxygen atoms in total. The highest BCUT2D eigenvalue weighted by Crippen LogP contribution is 2.22. The van der Waals surface area contributed by atoms with Crippen LogP contribution in [0.3, 0.4) is 0 Å². The number of halogens is 1. The van der Waals surface area contributed by atoms with E-state index < -0.39 is 0 Å². The van der Waals surface area contributed by atoms with Crippen molar-refractivity contribution >= 4 is 23.3 Å². The Morgan fingerprint density at radius 3 is 2.61 bits per heavy atom. The maximum Gasteiger partial charge on any atom is 0.255 e. The molecule has 0 aliphatic heterocycles. The van der Waals surface area contributed by atoms with Crippen molar-refractivity contribution in [2.75, 3.05) is 13.7 Å². The fraction of sp³-hybridized carbons (Fsp3) is 0.385. The lowest BCUT2D eigenvalue weighted by Crippen LogP contribution is -2.31. The first kappa shape index (κ1) is 14.5. The van der Waals surface area contributed by atoms with E-state index >= 15 is 0 Å². The van der Waals surface area contributed by atoms with E-state index in [1.807, 2.05) is 0 Å². The van der Waals surface area contributed by atoms with Crippen molar-refractivity contribution in [3.05, 3.63) is 28.8 Å². The summed E-state index contributed by atoms with van der Waals surface area (Å²) in [6.45, 7) is 3.59. The fourth-order valence-corrected chi connectivity index (χ4v) is 1.48. The molecule has 1 amide bonds. The van der Waals surface area contributed by atoms with E-state index in [2.05, 4.69) is 5.32 Å². The summed E-state index contributed by atoms with van der Waals surface area (Å²) < 4.78 is 5.07. The molecule has 0 saturated heterocycles. The van der Waals surface area contributed by atoms with Crippen LogP contribution in [0.1, 0.15) is 24.2 Å². The minimum Gasteiger partial charge on any atom is -0.496 e. The Kier molecular flexibility index (Phi) is 5.16. The van der Waals surface area contributed by atoms with Gasteiger partial charge < -0.3 is 10.1 Å². The molecule has 1 rings (SSSR count). The Balaban J connectivity index is 2.75. The summed E-state index contributed by atoms with van der Waals surface area (Å²) in [6.07, 6.45) is 0. The first-order chi connectivity index (χ1) is 8.45. The van der Waals surface area contributed by atoms with E-state index in [1.165, 1.54) is 7.11 Å². The van der Waals surface area contributed by atoms with E-state index in [0.29, 0.717) is 16.3 Å². The Hall–Kier alpha value is -1.55. The van der Waals surface area contributed by atoms with Gasteiger partial charge in [0.05, 0.1) is 19.2 Å². The zero-order chi connectivity index (χ0) is 13.7. The zero-order valence-electron chi connectivity index (χ0n) is 10.6. The molecule has 0 unspecified atom stereocenters. The van der Waals surface area contributed by atoms with Crippen molar-refractivity contribution in [1.29, 1.82) is 0 Å². The number of hydrogen-bond acceptors (Lipinski definition) is 3. The number of amides is 1. The fourth-order valence-electron chi connectivity index (χ4n) is 1.32. The SMILES string of the molecule is COc1cc(Cl)ccc1C(=O)NCC(=O)C(C)C. The lowest BCUT2D eigenvalue weighted by Gasteiger charge is -2.10. The number of ether oxygens (including phenoxy) is 1. The summed E-state index contributed by atoms with van der Waals surface area (Å²) >= 11 is 5.80. The number of Topliss-reactive ketones (excluding diaryl/α,β-unsaturated/α-hetero) is 1. The number of benzene rings is 1. The van der Waals surface area contributed by atoms with Crippen molar-refractivity contribution in [3.63, 3.8) is 0 Å². The molecule has 0 saturated carbocycles. The number of hydrogen-bond donors (Lipinski definition) is 1. The third kappa shape index (κ3) is 3.74. The van der Waals surface area contributed by atoms with Gasteiger partial charge in [-0.05, 0) is 18.2 Å². The number of ketones is 1. The topological polar surface area (TPSA) is 55.4 Å². The second-order valence-corrected chi connectivity index (χ2v) is 4.58. The molecule has 1 aromatic rings. The number of carbonyl (C=O) groups excluding carboxylic acids is 2.